The Morgan fingerprint density at radius 2 is 2.12 bits per heavy atom. The van der Waals surface area contributed by atoms with Crippen molar-refractivity contribution in [2.45, 2.75) is 6.54 Å². The van der Waals surface area contributed by atoms with Gasteiger partial charge < -0.3 is 20.3 Å². The summed E-state index contributed by atoms with van der Waals surface area (Å²) < 4.78 is 5.09. The van der Waals surface area contributed by atoms with Crippen molar-refractivity contribution < 1.29 is 14.9 Å². The third kappa shape index (κ3) is 4.81. The Labute approximate surface area is 99.8 Å². The molecule has 0 bridgehead atoms. The highest BCUT2D eigenvalue weighted by atomic mass is 35.5. The molecule has 0 unspecified atom stereocenters. The molecule has 0 aliphatic carbocycles. The summed E-state index contributed by atoms with van der Waals surface area (Å²) in [5.41, 5.74) is 1.00. The van der Waals surface area contributed by atoms with E-state index in [-0.39, 0.29) is 12.4 Å². The van der Waals surface area contributed by atoms with Gasteiger partial charge in [-0.05, 0) is 17.7 Å². The second-order valence-electron chi connectivity index (χ2n) is 3.30. The maximum absolute atomic E-state index is 9.22. The number of benzene rings is 1. The Hall–Kier alpha value is -0.810. The van der Waals surface area contributed by atoms with Gasteiger partial charge in [0.25, 0.3) is 0 Å². The molecule has 0 heterocycles. The zero-order valence-electron chi connectivity index (χ0n) is 8.95. The van der Waals surface area contributed by atoms with Crippen molar-refractivity contribution in [1.29, 1.82) is 0 Å². The topological polar surface area (TPSA) is 61.7 Å². The van der Waals surface area contributed by atoms with E-state index in [2.05, 4.69) is 5.32 Å². The highest BCUT2D eigenvalue weighted by molar-refractivity contribution is 6.32. The molecule has 0 radical (unpaired) electrons. The van der Waals surface area contributed by atoms with Gasteiger partial charge in [0.05, 0.1) is 24.8 Å². The highest BCUT2D eigenvalue weighted by Gasteiger charge is 1.99. The molecular weight excluding hydrogens is 230 g/mol. The van der Waals surface area contributed by atoms with Crippen molar-refractivity contribution in [3.8, 4) is 5.75 Å². The Bertz CT molecular complexity index is 320. The summed E-state index contributed by atoms with van der Waals surface area (Å²) in [6.07, 6.45) is 0. The molecule has 0 spiro atoms. The maximum Gasteiger partial charge on any atom is 0.134 e. The molecule has 1 aromatic carbocycles. The molecule has 90 valence electrons. The molecule has 0 aromatic heterocycles. The number of hydrogen-bond acceptors (Lipinski definition) is 4. The number of aliphatic hydroxyl groups is 1. The summed E-state index contributed by atoms with van der Waals surface area (Å²) in [5.74, 6) is 0.0942. The van der Waals surface area contributed by atoms with E-state index in [4.69, 9.17) is 21.4 Å². The minimum Gasteiger partial charge on any atom is -0.506 e. The fourth-order valence-electron chi connectivity index (χ4n) is 1.20. The highest BCUT2D eigenvalue weighted by Crippen LogP contribution is 2.23. The minimum absolute atomic E-state index is 0.0492. The van der Waals surface area contributed by atoms with Gasteiger partial charge in [0, 0.05) is 13.1 Å². The lowest BCUT2D eigenvalue weighted by molar-refractivity contribution is 0.0938. The number of ether oxygens (including phenoxy) is 1. The van der Waals surface area contributed by atoms with Crippen LogP contribution < -0.4 is 5.32 Å². The number of aliphatic hydroxyl groups excluding tert-OH is 1. The van der Waals surface area contributed by atoms with Crippen LogP contribution in [-0.4, -0.2) is 36.6 Å². The molecule has 1 rings (SSSR count). The van der Waals surface area contributed by atoms with Gasteiger partial charge in [-0.2, -0.15) is 0 Å². The van der Waals surface area contributed by atoms with Crippen molar-refractivity contribution in [1.82, 2.24) is 5.32 Å². The van der Waals surface area contributed by atoms with E-state index >= 15 is 0 Å². The average Bonchev–Trinajstić information content (AvgIpc) is 2.28. The van der Waals surface area contributed by atoms with Gasteiger partial charge in [0.15, 0.2) is 0 Å². The average molecular weight is 246 g/mol. The van der Waals surface area contributed by atoms with Crippen LogP contribution in [0, 0.1) is 0 Å². The molecule has 1 aromatic rings. The third-order valence-corrected chi connectivity index (χ3v) is 2.30. The van der Waals surface area contributed by atoms with Crippen molar-refractivity contribution in [2.75, 3.05) is 26.4 Å². The predicted molar refractivity (Wildman–Crippen MR) is 62.7 cm³/mol. The molecule has 0 aliphatic heterocycles. The number of nitrogens with one attached hydrogen (secondary N) is 1. The second-order valence-corrected chi connectivity index (χ2v) is 3.71. The molecule has 5 heteroatoms. The summed E-state index contributed by atoms with van der Waals surface area (Å²) in [7, 11) is 0. The van der Waals surface area contributed by atoms with Crippen LogP contribution in [0.2, 0.25) is 5.02 Å². The van der Waals surface area contributed by atoms with Gasteiger partial charge in [0.1, 0.15) is 5.75 Å². The van der Waals surface area contributed by atoms with E-state index in [1.165, 1.54) is 0 Å². The number of halogens is 1. The SMILES string of the molecule is OCCOCCNCc1ccc(O)c(Cl)c1. The lowest BCUT2D eigenvalue weighted by Gasteiger charge is -2.06. The molecule has 16 heavy (non-hydrogen) atoms. The van der Waals surface area contributed by atoms with Crippen molar-refractivity contribution in [3.05, 3.63) is 28.8 Å². The second kappa shape index (κ2) is 7.46. The number of phenols is 1. The number of hydrogen-bond donors (Lipinski definition) is 3. The lowest BCUT2D eigenvalue weighted by Crippen LogP contribution is -2.19. The summed E-state index contributed by atoms with van der Waals surface area (Å²) in [6.45, 7) is 2.35. The smallest absolute Gasteiger partial charge is 0.134 e. The maximum atomic E-state index is 9.22. The normalized spacial score (nSPS) is 10.6. The Kier molecular flexibility index (Phi) is 6.18. The summed E-state index contributed by atoms with van der Waals surface area (Å²) >= 11 is 5.76. The Morgan fingerprint density at radius 1 is 1.31 bits per heavy atom. The molecule has 0 amide bonds. The van der Waals surface area contributed by atoms with Crippen molar-refractivity contribution in [2.24, 2.45) is 0 Å². The molecule has 0 atom stereocenters. The van der Waals surface area contributed by atoms with Crippen molar-refractivity contribution >= 4 is 11.6 Å². The molecule has 0 aliphatic rings. The molecule has 0 fully saturated rings. The first-order valence-corrected chi connectivity index (χ1v) is 5.48. The Morgan fingerprint density at radius 3 is 2.81 bits per heavy atom. The van der Waals surface area contributed by atoms with Gasteiger partial charge in [-0.1, -0.05) is 17.7 Å². The minimum atomic E-state index is 0.0492. The van der Waals surface area contributed by atoms with E-state index in [1.807, 2.05) is 6.07 Å². The van der Waals surface area contributed by atoms with Crippen LogP contribution >= 0.6 is 11.6 Å². The van der Waals surface area contributed by atoms with Crippen LogP contribution in [0.15, 0.2) is 18.2 Å². The predicted octanol–water partition coefficient (Wildman–Crippen LogP) is 1.14. The molecule has 0 saturated heterocycles. The molecule has 4 nitrogen and oxygen atoms in total. The van der Waals surface area contributed by atoms with Crippen LogP contribution in [0.3, 0.4) is 0 Å². The van der Waals surface area contributed by atoms with Gasteiger partial charge >= 0.3 is 0 Å². The van der Waals surface area contributed by atoms with Gasteiger partial charge in [-0.15, -0.1) is 0 Å². The van der Waals surface area contributed by atoms with Gasteiger partial charge in [-0.25, -0.2) is 0 Å². The monoisotopic (exact) mass is 245 g/mol. The van der Waals surface area contributed by atoms with Gasteiger partial charge in [0.2, 0.25) is 0 Å². The third-order valence-electron chi connectivity index (χ3n) is 2.00. The summed E-state index contributed by atoms with van der Waals surface area (Å²) in [4.78, 5) is 0. The number of rotatable bonds is 7. The van der Waals surface area contributed by atoms with Crippen LogP contribution in [0.4, 0.5) is 0 Å². The Balaban J connectivity index is 2.19. The van der Waals surface area contributed by atoms with E-state index in [9.17, 15) is 5.11 Å². The largest absolute Gasteiger partial charge is 0.506 e. The van der Waals surface area contributed by atoms with E-state index in [0.717, 1.165) is 5.56 Å². The zero-order valence-corrected chi connectivity index (χ0v) is 9.70. The molecule has 3 N–H and O–H groups in total. The van der Waals surface area contributed by atoms with E-state index in [0.29, 0.717) is 31.3 Å². The number of phenolic OH excluding ortho intramolecular Hbond substituents is 1. The molecule has 0 saturated carbocycles. The van der Waals surface area contributed by atoms with Gasteiger partial charge in [-0.3, -0.25) is 0 Å². The standard InChI is InChI=1S/C11H16ClNO3/c12-10-7-9(1-2-11(10)15)8-13-3-5-16-6-4-14/h1-2,7,13-15H,3-6,8H2. The quantitative estimate of drug-likeness (QED) is 0.631. The van der Waals surface area contributed by atoms with Crippen LogP contribution in [0.1, 0.15) is 5.56 Å². The molecular formula is C11H16ClNO3. The summed E-state index contributed by atoms with van der Waals surface area (Å²) in [5, 5.41) is 21.2. The lowest BCUT2D eigenvalue weighted by atomic mass is 10.2. The fourth-order valence-corrected chi connectivity index (χ4v) is 1.41. The first kappa shape index (κ1) is 13.3. The van der Waals surface area contributed by atoms with Crippen LogP contribution in [0.5, 0.6) is 5.75 Å². The zero-order chi connectivity index (χ0) is 11.8. The fraction of sp³-hybridized carbons (Fsp3) is 0.455. The van der Waals surface area contributed by atoms with E-state index in [1.54, 1.807) is 12.1 Å². The van der Waals surface area contributed by atoms with Crippen LogP contribution in [0.25, 0.3) is 0 Å². The first-order chi connectivity index (χ1) is 7.74. The number of aromatic hydroxyl groups is 1. The first-order valence-electron chi connectivity index (χ1n) is 5.10. The van der Waals surface area contributed by atoms with Crippen LogP contribution in [-0.2, 0) is 11.3 Å². The van der Waals surface area contributed by atoms with Crippen molar-refractivity contribution in [3.63, 3.8) is 0 Å². The summed E-state index contributed by atoms with van der Waals surface area (Å²) in [6, 6.07) is 5.10. The van der Waals surface area contributed by atoms with E-state index < -0.39 is 0 Å².